The molecule has 0 aliphatic rings. The molecule has 2 rings (SSSR count). The second kappa shape index (κ2) is 5.21. The number of hydrogen-bond acceptors (Lipinski definition) is 5. The van der Waals surface area contributed by atoms with Crippen molar-refractivity contribution >= 4 is 28.5 Å². The van der Waals surface area contributed by atoms with Gasteiger partial charge in [0.2, 0.25) is 5.95 Å². The summed E-state index contributed by atoms with van der Waals surface area (Å²) < 4.78 is 2.11. The Balaban J connectivity index is 2.31. The van der Waals surface area contributed by atoms with E-state index in [9.17, 15) is 4.79 Å². The Morgan fingerprint density at radius 3 is 3.12 bits per heavy atom. The maximum Gasteiger partial charge on any atom is 0.267 e. The predicted octanol–water partition coefficient (Wildman–Crippen LogP) is 0.728. The third-order valence-corrected chi connectivity index (χ3v) is 2.87. The van der Waals surface area contributed by atoms with Gasteiger partial charge in [0.15, 0.2) is 0 Å². The summed E-state index contributed by atoms with van der Waals surface area (Å²) in [5, 5.41) is 2.85. The quantitative estimate of drug-likeness (QED) is 0.832. The van der Waals surface area contributed by atoms with Crippen LogP contribution in [-0.4, -0.2) is 26.6 Å². The summed E-state index contributed by atoms with van der Waals surface area (Å²) >= 11 is 1.97. The van der Waals surface area contributed by atoms with Gasteiger partial charge in [0.05, 0.1) is 22.1 Å². The Labute approximate surface area is 111 Å². The second-order valence-electron chi connectivity index (χ2n) is 3.30. The fourth-order valence-corrected chi connectivity index (χ4v) is 1.79. The highest BCUT2D eigenvalue weighted by molar-refractivity contribution is 14.1. The summed E-state index contributed by atoms with van der Waals surface area (Å²) in [7, 11) is 1.75. The van der Waals surface area contributed by atoms with Gasteiger partial charge in [0.1, 0.15) is 0 Å². The molecule has 0 spiro atoms. The molecule has 0 amide bonds. The van der Waals surface area contributed by atoms with Crippen LogP contribution in [0.3, 0.4) is 0 Å². The van der Waals surface area contributed by atoms with E-state index < -0.39 is 0 Å². The van der Waals surface area contributed by atoms with Crippen LogP contribution in [0.25, 0.3) is 0 Å². The first-order valence-corrected chi connectivity index (χ1v) is 5.98. The van der Waals surface area contributed by atoms with Gasteiger partial charge in [0.25, 0.3) is 5.56 Å². The summed E-state index contributed by atoms with van der Waals surface area (Å²) in [6.45, 7) is 0.389. The lowest BCUT2D eigenvalue weighted by atomic mass is 10.4. The van der Waals surface area contributed by atoms with Crippen LogP contribution in [-0.2, 0) is 6.54 Å². The lowest BCUT2D eigenvalue weighted by molar-refractivity contribution is 0.712. The summed E-state index contributed by atoms with van der Waals surface area (Å²) in [5.41, 5.74) is 0.695. The van der Waals surface area contributed by atoms with Crippen LogP contribution in [0.15, 0.2) is 29.6 Å². The van der Waals surface area contributed by atoms with Gasteiger partial charge in [0, 0.05) is 19.4 Å². The molecule has 0 atom stereocenters. The number of nitrogens with zero attached hydrogens (tertiary/aromatic N) is 4. The van der Waals surface area contributed by atoms with E-state index in [-0.39, 0.29) is 5.56 Å². The van der Waals surface area contributed by atoms with Gasteiger partial charge in [-0.25, -0.2) is 15.0 Å². The second-order valence-corrected chi connectivity index (χ2v) is 4.46. The Kier molecular flexibility index (Phi) is 3.67. The zero-order valence-electron chi connectivity index (χ0n) is 9.09. The van der Waals surface area contributed by atoms with Gasteiger partial charge in [-0.05, 0) is 28.7 Å². The number of anilines is 1. The monoisotopic (exact) mass is 343 g/mol. The fourth-order valence-electron chi connectivity index (χ4n) is 1.32. The number of aromatic nitrogens is 4. The first-order valence-electron chi connectivity index (χ1n) is 4.90. The van der Waals surface area contributed by atoms with Crippen LogP contribution in [0.1, 0.15) is 5.69 Å². The molecule has 2 aromatic heterocycles. The molecule has 0 saturated heterocycles. The minimum absolute atomic E-state index is 0.0646. The average Bonchev–Trinajstić information content (AvgIpc) is 2.35. The van der Waals surface area contributed by atoms with E-state index in [0.29, 0.717) is 16.1 Å². The first-order chi connectivity index (χ1) is 8.20. The topological polar surface area (TPSA) is 72.7 Å². The van der Waals surface area contributed by atoms with E-state index in [0.717, 1.165) is 5.69 Å². The van der Waals surface area contributed by atoms with Gasteiger partial charge < -0.3 is 5.32 Å². The largest absolute Gasteiger partial charge is 0.357 e. The molecular formula is C10H10IN5O. The lowest BCUT2D eigenvalue weighted by Crippen LogP contribution is -2.23. The molecule has 1 N–H and O–H groups in total. The van der Waals surface area contributed by atoms with Crippen molar-refractivity contribution in [3.8, 4) is 0 Å². The van der Waals surface area contributed by atoms with Crippen LogP contribution in [0, 0.1) is 3.57 Å². The SMILES string of the molecule is CNc1nccc(Cn2cncc(I)c2=O)n1. The number of halogens is 1. The molecule has 0 aliphatic carbocycles. The standard InChI is InChI=1S/C10H10IN5O/c1-12-10-14-3-2-7(15-10)5-16-6-13-4-8(11)9(16)17/h2-4,6H,5H2,1H3,(H,12,14,15). The summed E-state index contributed by atoms with van der Waals surface area (Å²) in [6, 6.07) is 1.77. The molecule has 0 unspecified atom stereocenters. The zero-order chi connectivity index (χ0) is 12.3. The molecule has 0 aliphatic heterocycles. The van der Waals surface area contributed by atoms with Gasteiger partial charge in [-0.1, -0.05) is 0 Å². The third kappa shape index (κ3) is 2.78. The van der Waals surface area contributed by atoms with E-state index >= 15 is 0 Å². The molecule has 17 heavy (non-hydrogen) atoms. The Bertz CT molecular complexity index is 583. The minimum Gasteiger partial charge on any atom is -0.357 e. The van der Waals surface area contributed by atoms with E-state index in [1.54, 1.807) is 25.5 Å². The molecule has 0 fully saturated rings. The van der Waals surface area contributed by atoms with Crippen molar-refractivity contribution in [3.63, 3.8) is 0 Å². The molecule has 0 bridgehead atoms. The third-order valence-electron chi connectivity index (χ3n) is 2.13. The maximum absolute atomic E-state index is 11.8. The normalized spacial score (nSPS) is 10.2. The van der Waals surface area contributed by atoms with E-state index in [2.05, 4.69) is 20.3 Å². The molecule has 6 nitrogen and oxygen atoms in total. The highest BCUT2D eigenvalue weighted by atomic mass is 127. The van der Waals surface area contributed by atoms with Crippen molar-refractivity contribution in [1.82, 2.24) is 19.5 Å². The van der Waals surface area contributed by atoms with E-state index in [1.165, 1.54) is 10.9 Å². The van der Waals surface area contributed by atoms with E-state index in [4.69, 9.17) is 0 Å². The molecule has 0 saturated carbocycles. The van der Waals surface area contributed by atoms with Gasteiger partial charge in [-0.15, -0.1) is 0 Å². The van der Waals surface area contributed by atoms with Gasteiger partial charge in [-0.3, -0.25) is 9.36 Å². The van der Waals surface area contributed by atoms with Crippen molar-refractivity contribution in [2.24, 2.45) is 0 Å². The molecule has 0 radical (unpaired) electrons. The zero-order valence-corrected chi connectivity index (χ0v) is 11.2. The van der Waals surface area contributed by atoms with Crippen molar-refractivity contribution in [1.29, 1.82) is 0 Å². The molecule has 88 valence electrons. The summed E-state index contributed by atoms with van der Waals surface area (Å²) in [6.07, 6.45) is 4.70. The molecule has 0 aromatic carbocycles. The van der Waals surface area contributed by atoms with Gasteiger partial charge >= 0.3 is 0 Å². The van der Waals surface area contributed by atoms with E-state index in [1.807, 2.05) is 22.6 Å². The fraction of sp³-hybridized carbons (Fsp3) is 0.200. The predicted molar refractivity (Wildman–Crippen MR) is 71.9 cm³/mol. The average molecular weight is 343 g/mol. The molecule has 2 aromatic rings. The Morgan fingerprint density at radius 2 is 2.35 bits per heavy atom. The Morgan fingerprint density at radius 1 is 1.53 bits per heavy atom. The molecule has 2 heterocycles. The number of rotatable bonds is 3. The summed E-state index contributed by atoms with van der Waals surface area (Å²) in [5.74, 6) is 0.536. The van der Waals surface area contributed by atoms with Crippen molar-refractivity contribution in [2.45, 2.75) is 6.54 Å². The van der Waals surface area contributed by atoms with Crippen molar-refractivity contribution in [3.05, 3.63) is 44.4 Å². The van der Waals surface area contributed by atoms with Crippen molar-refractivity contribution < 1.29 is 0 Å². The van der Waals surface area contributed by atoms with Crippen LogP contribution in [0.4, 0.5) is 5.95 Å². The van der Waals surface area contributed by atoms with Crippen molar-refractivity contribution in [2.75, 3.05) is 12.4 Å². The van der Waals surface area contributed by atoms with Gasteiger partial charge in [-0.2, -0.15) is 0 Å². The summed E-state index contributed by atoms with van der Waals surface area (Å²) in [4.78, 5) is 24.0. The smallest absolute Gasteiger partial charge is 0.267 e. The first kappa shape index (κ1) is 12.0. The highest BCUT2D eigenvalue weighted by Gasteiger charge is 2.03. The lowest BCUT2D eigenvalue weighted by Gasteiger charge is -2.05. The Hall–Kier alpha value is -1.51. The number of nitrogens with one attached hydrogen (secondary N) is 1. The van der Waals surface area contributed by atoms with Crippen LogP contribution in [0.2, 0.25) is 0 Å². The minimum atomic E-state index is -0.0646. The molecule has 7 heteroatoms. The van der Waals surface area contributed by atoms with Crippen LogP contribution >= 0.6 is 22.6 Å². The highest BCUT2D eigenvalue weighted by Crippen LogP contribution is 2.01. The number of hydrogen-bond donors (Lipinski definition) is 1. The van der Waals surface area contributed by atoms with Crippen LogP contribution in [0.5, 0.6) is 0 Å². The maximum atomic E-state index is 11.8. The molecular weight excluding hydrogens is 333 g/mol. The van der Waals surface area contributed by atoms with Crippen LogP contribution < -0.4 is 10.9 Å².